The number of hydrogen-bond acceptors (Lipinski definition) is 3. The van der Waals surface area contributed by atoms with Gasteiger partial charge in [-0.05, 0) is 80.1 Å². The van der Waals surface area contributed by atoms with Gasteiger partial charge in [-0.25, -0.2) is 4.98 Å². The number of unbranched alkanes of at least 4 members (excludes halogenated alkanes) is 1. The number of para-hydroxylation sites is 2. The van der Waals surface area contributed by atoms with Gasteiger partial charge >= 0.3 is 0 Å². The van der Waals surface area contributed by atoms with Crippen LogP contribution in [0.1, 0.15) is 54.6 Å². The molecule has 1 unspecified atom stereocenters. The lowest BCUT2D eigenvalue weighted by Gasteiger charge is -2.18. The van der Waals surface area contributed by atoms with Crippen LogP contribution in [-0.4, -0.2) is 28.6 Å². The molecule has 1 aliphatic rings. The minimum atomic E-state index is 0.0851. The Bertz CT molecular complexity index is 1360. The van der Waals surface area contributed by atoms with E-state index in [1.165, 1.54) is 16.7 Å². The number of carbonyl (C=O) groups is 1. The summed E-state index contributed by atoms with van der Waals surface area (Å²) in [5.41, 5.74) is 6.78. The van der Waals surface area contributed by atoms with E-state index in [0.717, 1.165) is 54.1 Å². The van der Waals surface area contributed by atoms with Crippen molar-refractivity contribution in [1.82, 2.24) is 9.55 Å². The minimum Gasteiger partial charge on any atom is -0.493 e. The van der Waals surface area contributed by atoms with Crippen LogP contribution in [0.15, 0.2) is 66.7 Å². The summed E-state index contributed by atoms with van der Waals surface area (Å²) in [5.74, 6) is 2.25. The molecule has 36 heavy (non-hydrogen) atoms. The van der Waals surface area contributed by atoms with Crippen LogP contribution in [0.2, 0.25) is 0 Å². The summed E-state index contributed by atoms with van der Waals surface area (Å²) in [7, 11) is 0. The number of amides is 1. The Kier molecular flexibility index (Phi) is 7.08. The van der Waals surface area contributed by atoms with E-state index in [0.29, 0.717) is 19.6 Å². The molecule has 0 radical (unpaired) electrons. The third kappa shape index (κ3) is 5.01. The van der Waals surface area contributed by atoms with E-state index in [4.69, 9.17) is 9.72 Å². The maximum absolute atomic E-state index is 13.0. The van der Waals surface area contributed by atoms with Crippen molar-refractivity contribution in [2.24, 2.45) is 0 Å². The zero-order chi connectivity index (χ0) is 25.1. The summed E-state index contributed by atoms with van der Waals surface area (Å²) >= 11 is 0. The van der Waals surface area contributed by atoms with E-state index in [1.54, 1.807) is 0 Å². The Hall–Kier alpha value is -3.60. The molecule has 2 heterocycles. The Morgan fingerprint density at radius 1 is 1.00 bits per heavy atom. The molecule has 1 fully saturated rings. The fourth-order valence-corrected chi connectivity index (χ4v) is 5.10. The monoisotopic (exact) mass is 481 g/mol. The van der Waals surface area contributed by atoms with Gasteiger partial charge in [-0.1, -0.05) is 43.3 Å². The molecule has 1 aliphatic heterocycles. The maximum atomic E-state index is 13.0. The number of hydrogen-bond donors (Lipinski definition) is 0. The average molecular weight is 482 g/mol. The summed E-state index contributed by atoms with van der Waals surface area (Å²) in [6.07, 6.45) is 3.44. The zero-order valence-electron chi connectivity index (χ0n) is 21.5. The fourth-order valence-electron chi connectivity index (χ4n) is 5.10. The number of aromatic nitrogens is 2. The topological polar surface area (TPSA) is 47.4 Å². The minimum absolute atomic E-state index is 0.0851. The molecule has 5 rings (SSSR count). The number of fused-ring (bicyclic) bond motifs is 1. The highest BCUT2D eigenvalue weighted by Crippen LogP contribution is 2.33. The fraction of sp³-hybridized carbons (Fsp3) is 0.355. The van der Waals surface area contributed by atoms with E-state index in [9.17, 15) is 4.79 Å². The van der Waals surface area contributed by atoms with Crippen molar-refractivity contribution in [3.05, 3.63) is 89.2 Å². The predicted octanol–water partition coefficient (Wildman–Crippen LogP) is 6.60. The largest absolute Gasteiger partial charge is 0.493 e. The molecular weight excluding hydrogens is 446 g/mol. The van der Waals surface area contributed by atoms with E-state index in [1.807, 2.05) is 11.0 Å². The van der Waals surface area contributed by atoms with Crippen LogP contribution in [0.25, 0.3) is 11.0 Å². The van der Waals surface area contributed by atoms with E-state index < -0.39 is 0 Å². The van der Waals surface area contributed by atoms with Crippen molar-refractivity contribution in [1.29, 1.82) is 0 Å². The lowest BCUT2D eigenvalue weighted by atomic mass is 10.1. The summed E-state index contributed by atoms with van der Waals surface area (Å²) in [6, 6.07) is 23.0. The number of nitrogens with zero attached hydrogens (tertiary/aromatic N) is 3. The van der Waals surface area contributed by atoms with E-state index >= 15 is 0 Å². The quantitative estimate of drug-likeness (QED) is 0.253. The first-order valence-electron chi connectivity index (χ1n) is 13.1. The number of rotatable bonds is 9. The molecule has 3 aromatic carbocycles. The van der Waals surface area contributed by atoms with Gasteiger partial charge < -0.3 is 14.2 Å². The van der Waals surface area contributed by atoms with Crippen LogP contribution in [0.5, 0.6) is 5.75 Å². The van der Waals surface area contributed by atoms with Crippen LogP contribution in [0.3, 0.4) is 0 Å². The van der Waals surface area contributed by atoms with Crippen molar-refractivity contribution >= 4 is 22.6 Å². The Morgan fingerprint density at radius 3 is 2.61 bits per heavy atom. The highest BCUT2D eigenvalue weighted by Gasteiger charge is 2.34. The number of imidazole rings is 1. The van der Waals surface area contributed by atoms with E-state index in [-0.39, 0.29) is 11.8 Å². The number of aryl methyl sites for hydroxylation is 4. The molecule has 5 nitrogen and oxygen atoms in total. The van der Waals surface area contributed by atoms with Crippen LogP contribution >= 0.6 is 0 Å². The molecule has 186 valence electrons. The summed E-state index contributed by atoms with van der Waals surface area (Å²) in [5, 5.41) is 0. The first kappa shape index (κ1) is 24.1. The Morgan fingerprint density at radius 2 is 1.81 bits per heavy atom. The van der Waals surface area contributed by atoms with Crippen molar-refractivity contribution in [3.8, 4) is 5.75 Å². The zero-order valence-corrected chi connectivity index (χ0v) is 21.5. The molecule has 0 aliphatic carbocycles. The third-order valence-corrected chi connectivity index (χ3v) is 7.21. The Balaban J connectivity index is 1.29. The van der Waals surface area contributed by atoms with E-state index in [2.05, 4.69) is 86.0 Å². The molecule has 0 bridgehead atoms. The van der Waals surface area contributed by atoms with Gasteiger partial charge in [-0.3, -0.25) is 4.79 Å². The molecule has 1 saturated heterocycles. The van der Waals surface area contributed by atoms with Gasteiger partial charge in [0.25, 0.3) is 0 Å². The van der Waals surface area contributed by atoms with Gasteiger partial charge in [0.2, 0.25) is 5.91 Å². The first-order valence-corrected chi connectivity index (χ1v) is 13.1. The average Bonchev–Trinajstić information content (AvgIpc) is 3.46. The molecule has 0 saturated carbocycles. The molecule has 0 spiro atoms. The SMILES string of the molecule is CCc1ccc(N2CC(c3nc4ccccc4n3CCCCOc3cc(C)ccc3C)CC2=O)cc1. The van der Waals surface area contributed by atoms with Gasteiger partial charge in [-0.2, -0.15) is 0 Å². The van der Waals surface area contributed by atoms with Crippen molar-refractivity contribution in [2.75, 3.05) is 18.1 Å². The summed E-state index contributed by atoms with van der Waals surface area (Å²) in [6.45, 7) is 8.55. The van der Waals surface area contributed by atoms with Crippen molar-refractivity contribution < 1.29 is 9.53 Å². The third-order valence-electron chi connectivity index (χ3n) is 7.21. The molecule has 0 N–H and O–H groups in total. The van der Waals surface area contributed by atoms with Crippen LogP contribution in [0.4, 0.5) is 5.69 Å². The molecule has 4 aromatic rings. The van der Waals surface area contributed by atoms with Crippen LogP contribution in [0, 0.1) is 13.8 Å². The molecule has 1 atom stereocenters. The highest BCUT2D eigenvalue weighted by molar-refractivity contribution is 5.96. The lowest BCUT2D eigenvalue weighted by Crippen LogP contribution is -2.24. The summed E-state index contributed by atoms with van der Waals surface area (Å²) < 4.78 is 8.40. The predicted molar refractivity (Wildman–Crippen MR) is 146 cm³/mol. The number of carbonyl (C=O) groups excluding carboxylic acids is 1. The second kappa shape index (κ2) is 10.6. The summed E-state index contributed by atoms with van der Waals surface area (Å²) in [4.78, 5) is 19.9. The standard InChI is InChI=1S/C31H35N3O2/c1-4-24-13-15-26(16-14-24)34-21-25(20-30(34)35)31-32-27-9-5-6-10-28(27)33(31)17-7-8-18-36-29-19-22(2)11-12-23(29)3/h5-6,9-16,19,25H,4,7-8,17-18,20-21H2,1-3H3. The molecule has 1 aromatic heterocycles. The number of anilines is 1. The number of benzene rings is 3. The smallest absolute Gasteiger partial charge is 0.227 e. The lowest BCUT2D eigenvalue weighted by molar-refractivity contribution is -0.117. The number of ether oxygens (including phenoxy) is 1. The van der Waals surface area contributed by atoms with Gasteiger partial charge in [0.15, 0.2) is 0 Å². The molecule has 5 heteroatoms. The van der Waals surface area contributed by atoms with Gasteiger partial charge in [-0.15, -0.1) is 0 Å². The van der Waals surface area contributed by atoms with Crippen LogP contribution in [-0.2, 0) is 17.8 Å². The molecular formula is C31H35N3O2. The van der Waals surface area contributed by atoms with Crippen molar-refractivity contribution in [3.63, 3.8) is 0 Å². The van der Waals surface area contributed by atoms with Gasteiger partial charge in [0.1, 0.15) is 11.6 Å². The van der Waals surface area contributed by atoms with Gasteiger partial charge in [0.05, 0.1) is 17.6 Å². The normalized spacial score (nSPS) is 15.7. The Labute approximate surface area is 213 Å². The van der Waals surface area contributed by atoms with Crippen molar-refractivity contribution in [2.45, 2.75) is 58.9 Å². The maximum Gasteiger partial charge on any atom is 0.227 e. The first-order chi connectivity index (χ1) is 17.5. The second-order valence-corrected chi connectivity index (χ2v) is 9.86. The second-order valence-electron chi connectivity index (χ2n) is 9.86. The van der Waals surface area contributed by atoms with Crippen LogP contribution < -0.4 is 9.64 Å². The highest BCUT2D eigenvalue weighted by atomic mass is 16.5. The molecule has 1 amide bonds. The van der Waals surface area contributed by atoms with Gasteiger partial charge in [0, 0.05) is 31.1 Å².